The smallest absolute Gasteiger partial charge is 0.427 e. The molecular formula is C27H28F4N4O7S. The molecule has 0 bridgehead atoms. The van der Waals surface area contributed by atoms with Crippen molar-refractivity contribution in [2.45, 2.75) is 56.9 Å². The highest BCUT2D eigenvalue weighted by molar-refractivity contribution is 7.92. The van der Waals surface area contributed by atoms with E-state index in [1.807, 2.05) is 0 Å². The summed E-state index contributed by atoms with van der Waals surface area (Å²) in [5.41, 5.74) is -1.77. The first kappa shape index (κ1) is 31.6. The normalized spacial score (nSPS) is 15.3. The molecule has 4 rings (SSSR count). The molecule has 0 saturated heterocycles. The molecule has 16 heteroatoms. The molecule has 1 aliphatic rings. The molecule has 1 aliphatic heterocycles. The van der Waals surface area contributed by atoms with E-state index in [9.17, 15) is 35.6 Å². The van der Waals surface area contributed by atoms with E-state index in [1.165, 1.54) is 18.2 Å². The number of sulfonamides is 1. The molecule has 11 nitrogen and oxygen atoms in total. The van der Waals surface area contributed by atoms with Crippen molar-refractivity contribution in [2.24, 2.45) is 0 Å². The fourth-order valence-corrected chi connectivity index (χ4v) is 5.59. The number of aryl methyl sites for hydroxylation is 2. The van der Waals surface area contributed by atoms with Gasteiger partial charge in [-0.05, 0) is 70.2 Å². The van der Waals surface area contributed by atoms with Gasteiger partial charge in [0.2, 0.25) is 11.5 Å². The molecule has 1 aromatic heterocycles. The molecule has 0 radical (unpaired) electrons. The van der Waals surface area contributed by atoms with E-state index in [0.717, 1.165) is 28.6 Å². The van der Waals surface area contributed by atoms with Crippen LogP contribution in [0.5, 0.6) is 5.75 Å². The molecule has 232 valence electrons. The van der Waals surface area contributed by atoms with Crippen molar-refractivity contribution in [1.29, 1.82) is 0 Å². The lowest BCUT2D eigenvalue weighted by atomic mass is 10.1. The average Bonchev–Trinajstić information content (AvgIpc) is 3.22. The maximum Gasteiger partial charge on any atom is 0.427 e. The lowest BCUT2D eigenvalue weighted by molar-refractivity contribution is -0.242. The van der Waals surface area contributed by atoms with Gasteiger partial charge in [-0.1, -0.05) is 5.16 Å². The highest BCUT2D eigenvalue weighted by Crippen LogP contribution is 2.39. The predicted molar refractivity (Wildman–Crippen MR) is 145 cm³/mol. The zero-order chi connectivity index (χ0) is 31.7. The summed E-state index contributed by atoms with van der Waals surface area (Å²) in [4.78, 5) is 24.6. The van der Waals surface area contributed by atoms with E-state index in [2.05, 4.69) is 20.5 Å². The van der Waals surface area contributed by atoms with Crippen molar-refractivity contribution in [3.05, 3.63) is 65.3 Å². The summed E-state index contributed by atoms with van der Waals surface area (Å²) < 4.78 is 96.8. The average molecular weight is 629 g/mol. The van der Waals surface area contributed by atoms with E-state index in [4.69, 9.17) is 9.26 Å². The molecule has 0 unspecified atom stereocenters. The van der Waals surface area contributed by atoms with Gasteiger partial charge in [0.1, 0.15) is 23.4 Å². The molecular weight excluding hydrogens is 600 g/mol. The molecule has 0 fully saturated rings. The number of hydrogen-bond acceptors (Lipinski definition) is 8. The second-order valence-corrected chi connectivity index (χ2v) is 12.1. The number of carbonyl (C=O) groups excluding carboxylic acids is 2. The zero-order valence-corrected chi connectivity index (χ0v) is 24.2. The van der Waals surface area contributed by atoms with E-state index >= 15 is 0 Å². The quantitative estimate of drug-likeness (QED) is 0.344. The summed E-state index contributed by atoms with van der Waals surface area (Å²) in [5.74, 6) is -0.526. The minimum Gasteiger partial charge on any atom is -0.484 e. The van der Waals surface area contributed by atoms with Gasteiger partial charge < -0.3 is 19.3 Å². The number of halogens is 4. The maximum absolute atomic E-state index is 13.7. The van der Waals surface area contributed by atoms with Gasteiger partial charge in [0, 0.05) is 11.3 Å². The molecule has 3 aromatic rings. The van der Waals surface area contributed by atoms with Crippen molar-refractivity contribution in [1.82, 2.24) is 10.5 Å². The number of alkyl halides is 3. The third-order valence-electron chi connectivity index (χ3n) is 6.61. The fourth-order valence-electron chi connectivity index (χ4n) is 4.10. The fraction of sp³-hybridized carbons (Fsp3) is 0.370. The van der Waals surface area contributed by atoms with E-state index in [-0.39, 0.29) is 41.5 Å². The topological polar surface area (TPSA) is 140 Å². The first-order valence-electron chi connectivity index (χ1n) is 12.8. The first-order valence-corrected chi connectivity index (χ1v) is 14.3. The Morgan fingerprint density at radius 1 is 1.12 bits per heavy atom. The van der Waals surface area contributed by atoms with Crippen molar-refractivity contribution < 1.29 is 49.6 Å². The third-order valence-corrected chi connectivity index (χ3v) is 8.41. The van der Waals surface area contributed by atoms with Gasteiger partial charge in [-0.2, -0.15) is 13.2 Å². The Labute approximate surface area is 244 Å². The number of amides is 2. The number of rotatable bonds is 8. The summed E-state index contributed by atoms with van der Waals surface area (Å²) in [6.45, 7) is 4.30. The lowest BCUT2D eigenvalue weighted by Gasteiger charge is -2.36. The van der Waals surface area contributed by atoms with Crippen LogP contribution in [0.3, 0.4) is 0 Å². The molecule has 1 atom stereocenters. The van der Waals surface area contributed by atoms with Gasteiger partial charge in [0.25, 0.3) is 10.0 Å². The van der Waals surface area contributed by atoms with E-state index in [0.29, 0.717) is 30.9 Å². The summed E-state index contributed by atoms with van der Waals surface area (Å²) in [6.07, 6.45) is -7.18. The summed E-state index contributed by atoms with van der Waals surface area (Å²) in [5, 5.41) is 8.67. The van der Waals surface area contributed by atoms with Crippen LogP contribution in [-0.2, 0) is 26.0 Å². The Kier molecular flexibility index (Phi) is 8.63. The lowest BCUT2D eigenvalue weighted by Crippen LogP contribution is -2.48. The number of benzene rings is 2. The Balaban J connectivity index is 1.58. The van der Waals surface area contributed by atoms with Crippen LogP contribution in [0, 0.1) is 19.7 Å². The van der Waals surface area contributed by atoms with Gasteiger partial charge >= 0.3 is 12.3 Å². The number of anilines is 2. The highest BCUT2D eigenvalue weighted by Gasteiger charge is 2.51. The molecule has 2 amide bonds. The van der Waals surface area contributed by atoms with Crippen LogP contribution in [0.4, 0.5) is 33.7 Å². The number of hydrogen-bond donors (Lipinski definition) is 2. The van der Waals surface area contributed by atoms with Gasteiger partial charge in [-0.3, -0.25) is 14.4 Å². The van der Waals surface area contributed by atoms with Crippen LogP contribution in [0.15, 0.2) is 51.9 Å². The number of aromatic nitrogens is 1. The summed E-state index contributed by atoms with van der Waals surface area (Å²) >= 11 is 0. The summed E-state index contributed by atoms with van der Waals surface area (Å²) in [6, 6.07) is 7.85. The minimum absolute atomic E-state index is 0.0294. The number of nitrogens with zero attached hydrogens (tertiary/aromatic N) is 2. The molecule has 0 aliphatic carbocycles. The molecule has 2 heterocycles. The van der Waals surface area contributed by atoms with Crippen LogP contribution in [0.2, 0.25) is 0 Å². The van der Waals surface area contributed by atoms with Gasteiger partial charge in [0.15, 0.2) is 0 Å². The predicted octanol–water partition coefficient (Wildman–Crippen LogP) is 4.64. The minimum atomic E-state index is -4.84. The van der Waals surface area contributed by atoms with Crippen molar-refractivity contribution in [2.75, 3.05) is 22.7 Å². The van der Waals surface area contributed by atoms with Crippen molar-refractivity contribution >= 4 is 33.4 Å². The third kappa shape index (κ3) is 7.01. The SMILES string of the molecule is Cc1noc(C)c1CC(=O)NC[C@H]1CN(S(=O)(=O)c2ccc(F)cc2)c2cc(NC(=O)OC(C)(C)C(F)(F)F)ccc2O1. The van der Waals surface area contributed by atoms with Gasteiger partial charge in [-0.15, -0.1) is 0 Å². The Hall–Kier alpha value is -4.34. The van der Waals surface area contributed by atoms with Crippen LogP contribution < -0.4 is 19.7 Å². The number of nitrogens with one attached hydrogen (secondary N) is 2. The highest BCUT2D eigenvalue weighted by atomic mass is 32.2. The maximum atomic E-state index is 13.7. The van der Waals surface area contributed by atoms with Crippen molar-refractivity contribution in [3.8, 4) is 5.75 Å². The molecule has 2 N–H and O–H groups in total. The number of ether oxygens (including phenoxy) is 2. The molecule has 0 saturated carbocycles. The Morgan fingerprint density at radius 3 is 2.40 bits per heavy atom. The molecule has 43 heavy (non-hydrogen) atoms. The second-order valence-electron chi connectivity index (χ2n) is 10.2. The zero-order valence-electron chi connectivity index (χ0n) is 23.4. The first-order chi connectivity index (χ1) is 20.0. The monoisotopic (exact) mass is 628 g/mol. The van der Waals surface area contributed by atoms with Gasteiger partial charge in [-0.25, -0.2) is 17.6 Å². The van der Waals surface area contributed by atoms with E-state index < -0.39 is 45.7 Å². The van der Waals surface area contributed by atoms with Crippen LogP contribution in [0.25, 0.3) is 0 Å². The standard InChI is InChI=1S/C27H28F4N4O7S/c1-15-21(16(2)42-34-15)12-24(36)32-13-19-14-35(43(38,39)20-8-5-17(28)6-9-20)22-11-18(7-10-23(22)40-19)33-25(37)41-26(3,4)27(29,30)31/h5-11,19H,12-14H2,1-4H3,(H,32,36)(H,33,37)/t19-/m0/s1. The van der Waals surface area contributed by atoms with E-state index in [1.54, 1.807) is 13.8 Å². The van der Waals surface area contributed by atoms with Crippen molar-refractivity contribution in [3.63, 3.8) is 0 Å². The molecule has 2 aromatic carbocycles. The Bertz CT molecular complexity index is 1600. The number of carbonyl (C=O) groups is 2. The summed E-state index contributed by atoms with van der Waals surface area (Å²) in [7, 11) is -4.35. The largest absolute Gasteiger partial charge is 0.484 e. The molecule has 0 spiro atoms. The van der Waals surface area contributed by atoms with Crippen LogP contribution >= 0.6 is 0 Å². The van der Waals surface area contributed by atoms with Crippen LogP contribution in [0.1, 0.15) is 30.9 Å². The second kappa shape index (κ2) is 11.7. The number of fused-ring (bicyclic) bond motifs is 1. The Morgan fingerprint density at radius 2 is 1.79 bits per heavy atom. The van der Waals surface area contributed by atoms with Crippen LogP contribution in [-0.4, -0.2) is 56.5 Å². The van der Waals surface area contributed by atoms with Gasteiger partial charge in [0.05, 0.1) is 35.8 Å².